The van der Waals surface area contributed by atoms with Gasteiger partial charge in [-0.3, -0.25) is 0 Å². The summed E-state index contributed by atoms with van der Waals surface area (Å²) in [7, 11) is 1.83. The van der Waals surface area contributed by atoms with Crippen LogP contribution in [0.3, 0.4) is 0 Å². The van der Waals surface area contributed by atoms with Crippen LogP contribution in [-0.4, -0.2) is 22.2 Å². The van der Waals surface area contributed by atoms with Crippen LogP contribution in [-0.2, 0) is 6.54 Å². The van der Waals surface area contributed by atoms with Gasteiger partial charge < -0.3 is 19.5 Å². The zero-order chi connectivity index (χ0) is 13.1. The smallest absolute Gasteiger partial charge is 0.315 e. The van der Waals surface area contributed by atoms with E-state index in [9.17, 15) is 0 Å². The van der Waals surface area contributed by atoms with Crippen LogP contribution in [0, 0.1) is 13.8 Å². The first-order chi connectivity index (χ1) is 8.60. The molecule has 1 unspecified atom stereocenters. The maximum absolute atomic E-state index is 5.44. The first kappa shape index (κ1) is 12.6. The molecule has 0 spiro atoms. The Labute approximate surface area is 105 Å². The minimum Gasteiger partial charge on any atom is -0.444 e. The van der Waals surface area contributed by atoms with Gasteiger partial charge in [-0.1, -0.05) is 5.10 Å². The van der Waals surface area contributed by atoms with Gasteiger partial charge in [-0.2, -0.15) is 0 Å². The summed E-state index contributed by atoms with van der Waals surface area (Å²) in [6.45, 7) is 6.15. The Balaban J connectivity index is 1.96. The fourth-order valence-electron chi connectivity index (χ4n) is 1.37. The Hall–Kier alpha value is -1.89. The van der Waals surface area contributed by atoms with E-state index in [1.165, 1.54) is 0 Å². The largest absolute Gasteiger partial charge is 0.444 e. The van der Waals surface area contributed by atoms with Gasteiger partial charge in [0, 0.05) is 0 Å². The van der Waals surface area contributed by atoms with Crippen LogP contribution >= 0.6 is 0 Å². The van der Waals surface area contributed by atoms with Gasteiger partial charge in [-0.05, 0) is 27.8 Å². The highest BCUT2D eigenvalue weighted by atomic mass is 16.4. The molecule has 7 heteroatoms. The molecule has 2 N–H and O–H groups in total. The number of anilines is 1. The Morgan fingerprint density at radius 2 is 2.00 bits per heavy atom. The van der Waals surface area contributed by atoms with Gasteiger partial charge in [-0.15, -0.1) is 5.10 Å². The van der Waals surface area contributed by atoms with Crippen molar-refractivity contribution >= 4 is 6.01 Å². The summed E-state index contributed by atoms with van der Waals surface area (Å²) in [6, 6.07) is 0.389. The second-order valence-corrected chi connectivity index (χ2v) is 4.06. The number of rotatable bonds is 5. The van der Waals surface area contributed by atoms with Crippen LogP contribution < -0.4 is 10.6 Å². The van der Waals surface area contributed by atoms with Gasteiger partial charge >= 0.3 is 6.01 Å². The quantitative estimate of drug-likeness (QED) is 0.833. The van der Waals surface area contributed by atoms with Crippen LogP contribution in [0.2, 0.25) is 0 Å². The van der Waals surface area contributed by atoms with Crippen LogP contribution in [0.5, 0.6) is 0 Å². The van der Waals surface area contributed by atoms with Crippen molar-refractivity contribution in [1.82, 2.24) is 20.5 Å². The topological polar surface area (TPSA) is 89.0 Å². The highest BCUT2D eigenvalue weighted by Crippen LogP contribution is 2.14. The molecule has 0 saturated carbocycles. The van der Waals surface area contributed by atoms with Crippen molar-refractivity contribution in [3.05, 3.63) is 23.2 Å². The molecule has 0 radical (unpaired) electrons. The van der Waals surface area contributed by atoms with E-state index < -0.39 is 0 Å². The van der Waals surface area contributed by atoms with Crippen LogP contribution in [0.1, 0.15) is 36.2 Å². The Morgan fingerprint density at radius 1 is 1.22 bits per heavy atom. The van der Waals surface area contributed by atoms with Gasteiger partial charge in [0.2, 0.25) is 11.8 Å². The molecule has 2 aromatic heterocycles. The SMILES string of the molecule is CNC(C)c1nnc(NCc2nc(C)c(C)o2)o1. The van der Waals surface area contributed by atoms with Crippen molar-refractivity contribution in [2.24, 2.45) is 0 Å². The molecule has 2 heterocycles. The summed E-state index contributed by atoms with van der Waals surface area (Å²) < 4.78 is 10.9. The van der Waals surface area contributed by atoms with Crippen molar-refractivity contribution < 1.29 is 8.83 Å². The molecule has 98 valence electrons. The number of nitrogens with zero attached hydrogens (tertiary/aromatic N) is 3. The number of nitrogens with one attached hydrogen (secondary N) is 2. The molecule has 0 saturated heterocycles. The minimum absolute atomic E-state index is 0.0271. The Morgan fingerprint density at radius 3 is 2.61 bits per heavy atom. The van der Waals surface area contributed by atoms with E-state index in [4.69, 9.17) is 8.83 Å². The summed E-state index contributed by atoms with van der Waals surface area (Å²) in [6.07, 6.45) is 0. The zero-order valence-corrected chi connectivity index (χ0v) is 10.9. The van der Waals surface area contributed by atoms with Crippen molar-refractivity contribution in [2.45, 2.75) is 33.4 Å². The first-order valence-electron chi connectivity index (χ1n) is 5.77. The van der Waals surface area contributed by atoms with E-state index >= 15 is 0 Å². The maximum atomic E-state index is 5.44. The van der Waals surface area contributed by atoms with E-state index in [0.29, 0.717) is 24.3 Å². The van der Waals surface area contributed by atoms with E-state index in [2.05, 4.69) is 25.8 Å². The summed E-state index contributed by atoms with van der Waals surface area (Å²) in [5.41, 5.74) is 0.891. The van der Waals surface area contributed by atoms with Gasteiger partial charge in [0.1, 0.15) is 5.76 Å². The summed E-state index contributed by atoms with van der Waals surface area (Å²) in [5, 5.41) is 13.8. The van der Waals surface area contributed by atoms with E-state index in [1.54, 1.807) is 0 Å². The van der Waals surface area contributed by atoms with Crippen molar-refractivity contribution in [1.29, 1.82) is 0 Å². The molecule has 0 amide bonds. The lowest BCUT2D eigenvalue weighted by Crippen LogP contribution is -2.12. The number of aryl methyl sites for hydroxylation is 2. The lowest BCUT2D eigenvalue weighted by atomic mass is 10.3. The van der Waals surface area contributed by atoms with E-state index in [1.807, 2.05) is 27.8 Å². The van der Waals surface area contributed by atoms with Crippen LogP contribution in [0.25, 0.3) is 0 Å². The van der Waals surface area contributed by atoms with Gasteiger partial charge in [-0.25, -0.2) is 4.98 Å². The van der Waals surface area contributed by atoms with Gasteiger partial charge in [0.15, 0.2) is 0 Å². The molecule has 0 fully saturated rings. The average Bonchev–Trinajstić information content (AvgIpc) is 2.94. The highest BCUT2D eigenvalue weighted by molar-refractivity contribution is 5.18. The number of aromatic nitrogens is 3. The highest BCUT2D eigenvalue weighted by Gasteiger charge is 2.12. The predicted molar refractivity (Wildman–Crippen MR) is 65.1 cm³/mol. The number of hydrogen-bond donors (Lipinski definition) is 2. The monoisotopic (exact) mass is 251 g/mol. The van der Waals surface area contributed by atoms with E-state index in [0.717, 1.165) is 11.5 Å². The average molecular weight is 251 g/mol. The molecule has 0 bridgehead atoms. The lowest BCUT2D eigenvalue weighted by Gasteiger charge is -2.02. The number of hydrogen-bond acceptors (Lipinski definition) is 7. The molecular formula is C11H17N5O2. The van der Waals surface area contributed by atoms with Gasteiger partial charge in [0.25, 0.3) is 0 Å². The van der Waals surface area contributed by atoms with Crippen LogP contribution in [0.4, 0.5) is 6.01 Å². The van der Waals surface area contributed by atoms with Gasteiger partial charge in [0.05, 0.1) is 18.3 Å². The number of oxazole rings is 1. The fraction of sp³-hybridized carbons (Fsp3) is 0.545. The Kier molecular flexibility index (Phi) is 3.61. The van der Waals surface area contributed by atoms with Crippen molar-refractivity contribution in [3.63, 3.8) is 0 Å². The third kappa shape index (κ3) is 2.67. The van der Waals surface area contributed by atoms with Crippen molar-refractivity contribution in [2.75, 3.05) is 12.4 Å². The second kappa shape index (κ2) is 5.18. The molecule has 0 aliphatic carbocycles. The minimum atomic E-state index is 0.0271. The fourth-order valence-corrected chi connectivity index (χ4v) is 1.37. The molecule has 7 nitrogen and oxygen atoms in total. The molecule has 2 aromatic rings. The molecular weight excluding hydrogens is 234 g/mol. The third-order valence-corrected chi connectivity index (χ3v) is 2.71. The molecule has 18 heavy (non-hydrogen) atoms. The summed E-state index contributed by atoms with van der Waals surface area (Å²) >= 11 is 0. The molecule has 1 atom stereocenters. The molecule has 0 aromatic carbocycles. The zero-order valence-electron chi connectivity index (χ0n) is 10.9. The molecule has 0 aliphatic rings. The van der Waals surface area contributed by atoms with E-state index in [-0.39, 0.29) is 6.04 Å². The third-order valence-electron chi connectivity index (χ3n) is 2.71. The Bertz CT molecular complexity index is 500. The normalized spacial score (nSPS) is 12.7. The maximum Gasteiger partial charge on any atom is 0.315 e. The summed E-state index contributed by atoms with van der Waals surface area (Å²) in [4.78, 5) is 4.25. The second-order valence-electron chi connectivity index (χ2n) is 4.06. The molecule has 0 aliphatic heterocycles. The predicted octanol–water partition coefficient (Wildman–Crippen LogP) is 1.57. The first-order valence-corrected chi connectivity index (χ1v) is 5.77. The van der Waals surface area contributed by atoms with Crippen molar-refractivity contribution in [3.8, 4) is 0 Å². The summed E-state index contributed by atoms with van der Waals surface area (Å²) in [5.74, 6) is 1.97. The lowest BCUT2D eigenvalue weighted by molar-refractivity contribution is 0.436. The standard InChI is InChI=1S/C11H17N5O2/c1-6-8(3)17-9(14-6)5-13-11-16-15-10(18-11)7(2)12-4/h7,12H,5H2,1-4H3,(H,13,16). The van der Waals surface area contributed by atoms with Crippen LogP contribution in [0.15, 0.2) is 8.83 Å². The molecule has 2 rings (SSSR count).